The predicted molar refractivity (Wildman–Crippen MR) is 66.2 cm³/mol. The summed E-state index contributed by atoms with van der Waals surface area (Å²) >= 11 is 5.89. The molecule has 2 rings (SSSR count). The summed E-state index contributed by atoms with van der Waals surface area (Å²) in [6.45, 7) is 1.75. The van der Waals surface area contributed by atoms with E-state index in [1.807, 2.05) is 0 Å². The summed E-state index contributed by atoms with van der Waals surface area (Å²) in [5.41, 5.74) is 1.08. The first kappa shape index (κ1) is 12.4. The van der Waals surface area contributed by atoms with E-state index in [0.717, 1.165) is 0 Å². The molecule has 0 aliphatic rings. The van der Waals surface area contributed by atoms with Crippen molar-refractivity contribution in [3.63, 3.8) is 0 Å². The van der Waals surface area contributed by atoms with E-state index >= 15 is 0 Å². The Kier molecular flexibility index (Phi) is 3.21. The Hall–Kier alpha value is -2.07. The maximum absolute atomic E-state index is 11.2. The second-order valence-electron chi connectivity index (χ2n) is 3.74. The van der Waals surface area contributed by atoms with Crippen LogP contribution in [0.3, 0.4) is 0 Å². The number of hydrogen-bond donors (Lipinski definition) is 1. The average Bonchev–Trinajstić information content (AvgIpc) is 2.79. The maximum atomic E-state index is 11.2. The lowest BCUT2D eigenvalue weighted by Gasteiger charge is -2.08. The Morgan fingerprint density at radius 1 is 1.33 bits per heavy atom. The van der Waals surface area contributed by atoms with Gasteiger partial charge in [-0.2, -0.15) is 0 Å². The maximum Gasteiger partial charge on any atom is 0.337 e. The molecule has 0 saturated heterocycles. The van der Waals surface area contributed by atoms with Crippen LogP contribution < -0.4 is 0 Å². The highest BCUT2D eigenvalue weighted by Gasteiger charge is 2.20. The lowest BCUT2D eigenvalue weighted by molar-refractivity contribution is 0.0697. The van der Waals surface area contributed by atoms with Gasteiger partial charge in [0.2, 0.25) is 0 Å². The van der Waals surface area contributed by atoms with Crippen molar-refractivity contribution in [2.24, 2.45) is 0 Å². The summed E-state index contributed by atoms with van der Waals surface area (Å²) in [7, 11) is 0. The fourth-order valence-electron chi connectivity index (χ4n) is 1.76. The van der Waals surface area contributed by atoms with E-state index in [0.29, 0.717) is 23.2 Å². The molecule has 2 aromatic rings. The number of rotatable bonds is 3. The third kappa shape index (κ3) is 2.02. The minimum absolute atomic E-state index is 0.0246. The van der Waals surface area contributed by atoms with E-state index in [1.54, 1.807) is 19.1 Å². The first-order chi connectivity index (χ1) is 8.54. The number of furan rings is 1. The normalized spacial score (nSPS) is 10.3. The molecule has 0 aliphatic heterocycles. The highest BCUT2D eigenvalue weighted by atomic mass is 35.5. The zero-order valence-corrected chi connectivity index (χ0v) is 10.2. The van der Waals surface area contributed by atoms with Crippen LogP contribution in [-0.2, 0) is 0 Å². The Balaban J connectivity index is 2.72. The molecule has 1 N–H and O–H groups in total. The number of aldehydes is 1. The molecule has 0 atom stereocenters. The highest BCUT2D eigenvalue weighted by molar-refractivity contribution is 6.34. The van der Waals surface area contributed by atoms with E-state index in [9.17, 15) is 14.7 Å². The third-order valence-corrected chi connectivity index (χ3v) is 2.88. The van der Waals surface area contributed by atoms with Crippen molar-refractivity contribution in [3.05, 3.63) is 46.2 Å². The standard InChI is InChI=1S/C13H9ClO4/c1-7-2-4-9(14)12(13(16)17)11(7)10-5-3-8(6-15)18-10/h2-6H,1H3,(H,16,17). The SMILES string of the molecule is Cc1ccc(Cl)c(C(=O)O)c1-c1ccc(C=O)o1. The molecule has 0 bridgehead atoms. The molecule has 4 nitrogen and oxygen atoms in total. The van der Waals surface area contributed by atoms with Crippen molar-refractivity contribution in [3.8, 4) is 11.3 Å². The van der Waals surface area contributed by atoms with Crippen LogP contribution in [-0.4, -0.2) is 17.4 Å². The minimum Gasteiger partial charge on any atom is -0.478 e. The highest BCUT2D eigenvalue weighted by Crippen LogP contribution is 2.33. The second-order valence-corrected chi connectivity index (χ2v) is 4.15. The fourth-order valence-corrected chi connectivity index (χ4v) is 2.00. The average molecular weight is 265 g/mol. The van der Waals surface area contributed by atoms with Gasteiger partial charge in [-0.25, -0.2) is 4.79 Å². The zero-order chi connectivity index (χ0) is 13.3. The monoisotopic (exact) mass is 264 g/mol. The number of aromatic carboxylic acids is 1. The van der Waals surface area contributed by atoms with Crippen molar-refractivity contribution in [1.29, 1.82) is 0 Å². The van der Waals surface area contributed by atoms with Crippen LogP contribution in [0.4, 0.5) is 0 Å². The van der Waals surface area contributed by atoms with Crippen LogP contribution in [0, 0.1) is 6.92 Å². The summed E-state index contributed by atoms with van der Waals surface area (Å²) in [5, 5.41) is 9.33. The van der Waals surface area contributed by atoms with Crippen LogP contribution in [0.2, 0.25) is 5.02 Å². The van der Waals surface area contributed by atoms with E-state index in [-0.39, 0.29) is 16.3 Å². The molecule has 18 heavy (non-hydrogen) atoms. The summed E-state index contributed by atoms with van der Waals surface area (Å²) in [5.74, 6) is -0.682. The van der Waals surface area contributed by atoms with E-state index in [2.05, 4.69) is 0 Å². The summed E-state index contributed by atoms with van der Waals surface area (Å²) in [6.07, 6.45) is 0.559. The Morgan fingerprint density at radius 3 is 2.61 bits per heavy atom. The van der Waals surface area contributed by atoms with Gasteiger partial charge in [-0.15, -0.1) is 0 Å². The number of benzene rings is 1. The molecule has 0 unspecified atom stereocenters. The van der Waals surface area contributed by atoms with Crippen molar-refractivity contribution >= 4 is 23.9 Å². The molecule has 0 fully saturated rings. The Morgan fingerprint density at radius 2 is 2.06 bits per heavy atom. The molecule has 0 spiro atoms. The molecule has 5 heteroatoms. The fraction of sp³-hybridized carbons (Fsp3) is 0.0769. The largest absolute Gasteiger partial charge is 0.478 e. The van der Waals surface area contributed by atoms with E-state index < -0.39 is 5.97 Å². The number of hydrogen-bond acceptors (Lipinski definition) is 3. The summed E-state index contributed by atoms with van der Waals surface area (Å²) in [6, 6.07) is 6.25. The van der Waals surface area contributed by atoms with Crippen LogP contribution >= 0.6 is 11.6 Å². The summed E-state index contributed by atoms with van der Waals surface area (Å²) < 4.78 is 5.26. The van der Waals surface area contributed by atoms with Gasteiger partial charge in [0.15, 0.2) is 12.0 Å². The number of halogens is 1. The number of carbonyl (C=O) groups is 2. The van der Waals surface area contributed by atoms with Gasteiger partial charge in [0.25, 0.3) is 0 Å². The molecular weight excluding hydrogens is 256 g/mol. The third-order valence-electron chi connectivity index (χ3n) is 2.57. The van der Waals surface area contributed by atoms with Crippen LogP contribution in [0.15, 0.2) is 28.7 Å². The van der Waals surface area contributed by atoms with Gasteiger partial charge >= 0.3 is 5.97 Å². The van der Waals surface area contributed by atoms with Crippen molar-refractivity contribution in [2.45, 2.75) is 6.92 Å². The van der Waals surface area contributed by atoms with Crippen LogP contribution in [0.25, 0.3) is 11.3 Å². The smallest absolute Gasteiger partial charge is 0.337 e. The number of aryl methyl sites for hydroxylation is 1. The zero-order valence-electron chi connectivity index (χ0n) is 9.44. The van der Waals surface area contributed by atoms with Crippen molar-refractivity contribution in [1.82, 2.24) is 0 Å². The van der Waals surface area contributed by atoms with Gasteiger partial charge in [0.1, 0.15) is 5.76 Å². The molecule has 92 valence electrons. The first-order valence-corrected chi connectivity index (χ1v) is 5.50. The number of carboxylic acid groups (broad SMARTS) is 1. The van der Waals surface area contributed by atoms with Gasteiger partial charge in [-0.1, -0.05) is 17.7 Å². The molecule has 0 aliphatic carbocycles. The van der Waals surface area contributed by atoms with E-state index in [1.165, 1.54) is 12.1 Å². The Bertz CT molecular complexity index is 628. The van der Waals surface area contributed by atoms with Gasteiger partial charge in [0.05, 0.1) is 10.6 Å². The number of carboxylic acids is 1. The topological polar surface area (TPSA) is 67.5 Å². The lowest BCUT2D eigenvalue weighted by Crippen LogP contribution is -2.02. The van der Waals surface area contributed by atoms with Crippen molar-refractivity contribution < 1.29 is 19.1 Å². The minimum atomic E-state index is -1.14. The molecule has 0 amide bonds. The van der Waals surface area contributed by atoms with Gasteiger partial charge < -0.3 is 9.52 Å². The van der Waals surface area contributed by atoms with Gasteiger partial charge in [0, 0.05) is 5.56 Å². The second kappa shape index (κ2) is 4.66. The van der Waals surface area contributed by atoms with Gasteiger partial charge in [-0.05, 0) is 30.7 Å². The molecule has 1 aromatic heterocycles. The molecule has 1 aromatic carbocycles. The lowest BCUT2D eigenvalue weighted by atomic mass is 10.00. The molecule has 1 heterocycles. The van der Waals surface area contributed by atoms with E-state index in [4.69, 9.17) is 16.0 Å². The van der Waals surface area contributed by atoms with Crippen LogP contribution in [0.1, 0.15) is 26.5 Å². The number of carbonyl (C=O) groups excluding carboxylic acids is 1. The first-order valence-electron chi connectivity index (χ1n) is 5.12. The quantitative estimate of drug-likeness (QED) is 0.863. The molecule has 0 radical (unpaired) electrons. The molecular formula is C13H9ClO4. The summed E-state index contributed by atoms with van der Waals surface area (Å²) in [4.78, 5) is 21.8. The van der Waals surface area contributed by atoms with Gasteiger partial charge in [-0.3, -0.25) is 4.79 Å². The van der Waals surface area contributed by atoms with Crippen molar-refractivity contribution in [2.75, 3.05) is 0 Å². The Labute approximate surface area is 108 Å². The predicted octanol–water partition coefficient (Wildman–Crippen LogP) is 3.42. The molecule has 0 saturated carbocycles. The van der Waals surface area contributed by atoms with Crippen LogP contribution in [0.5, 0.6) is 0 Å².